The molecule has 0 spiro atoms. The second-order valence-electron chi connectivity index (χ2n) is 5.66. The summed E-state index contributed by atoms with van der Waals surface area (Å²) in [5, 5.41) is 8.89. The van der Waals surface area contributed by atoms with Crippen LogP contribution in [0.5, 0.6) is 5.75 Å². The van der Waals surface area contributed by atoms with Gasteiger partial charge in [-0.3, -0.25) is 0 Å². The van der Waals surface area contributed by atoms with Crippen LogP contribution in [0.1, 0.15) is 34.9 Å². The average Bonchev–Trinajstić information content (AvgIpc) is 3.07. The topological polar surface area (TPSA) is 59.7 Å². The number of hydrogen-bond acceptors (Lipinski definition) is 3. The minimum atomic E-state index is -1.09. The highest BCUT2D eigenvalue weighted by molar-refractivity contribution is 5.84. The van der Waals surface area contributed by atoms with Gasteiger partial charge in [0.15, 0.2) is 6.10 Å². The molecule has 1 atom stereocenters. The van der Waals surface area contributed by atoms with E-state index in [9.17, 15) is 4.79 Å². The van der Waals surface area contributed by atoms with Gasteiger partial charge in [0.05, 0.1) is 0 Å². The second kappa shape index (κ2) is 6.62. The Morgan fingerprint density at radius 3 is 2.08 bits per heavy atom. The molecule has 0 saturated heterocycles. The summed E-state index contributed by atoms with van der Waals surface area (Å²) in [6, 6.07) is 19.2. The van der Waals surface area contributed by atoms with Crippen LogP contribution in [0.25, 0.3) is 11.1 Å². The van der Waals surface area contributed by atoms with E-state index in [1.54, 1.807) is 6.07 Å². The van der Waals surface area contributed by atoms with Crippen molar-refractivity contribution in [2.24, 2.45) is 0 Å². The highest BCUT2D eigenvalue weighted by Crippen LogP contribution is 2.26. The van der Waals surface area contributed by atoms with E-state index in [4.69, 9.17) is 14.3 Å². The van der Waals surface area contributed by atoms with E-state index in [0.29, 0.717) is 11.5 Å². The lowest BCUT2D eigenvalue weighted by Gasteiger charge is -2.13. The number of benzene rings is 2. The van der Waals surface area contributed by atoms with Crippen molar-refractivity contribution in [3.8, 4) is 16.9 Å². The lowest BCUT2D eigenvalue weighted by molar-refractivity contribution is 0.0655. The zero-order valence-electron chi connectivity index (χ0n) is 13.5. The number of rotatable bonds is 5. The van der Waals surface area contributed by atoms with Gasteiger partial charge in [0.25, 0.3) is 0 Å². The summed E-state index contributed by atoms with van der Waals surface area (Å²) >= 11 is 0. The first-order valence-corrected chi connectivity index (χ1v) is 7.70. The van der Waals surface area contributed by atoms with Gasteiger partial charge in [-0.1, -0.05) is 42.0 Å². The third-order valence-corrected chi connectivity index (χ3v) is 3.79. The molecule has 0 fully saturated rings. The van der Waals surface area contributed by atoms with Gasteiger partial charge < -0.3 is 14.3 Å². The van der Waals surface area contributed by atoms with Crippen molar-refractivity contribution in [1.82, 2.24) is 0 Å². The Hall–Kier alpha value is -3.01. The number of carbonyl (C=O) groups is 1. The Labute approximate surface area is 140 Å². The van der Waals surface area contributed by atoms with E-state index in [1.165, 1.54) is 11.6 Å². The average molecular weight is 322 g/mol. The highest BCUT2D eigenvalue weighted by Gasteiger charge is 2.15. The maximum atomic E-state index is 10.9. The number of aromatic carboxylic acids is 1. The number of ether oxygens (including phenoxy) is 1. The number of furan rings is 1. The van der Waals surface area contributed by atoms with Crippen LogP contribution < -0.4 is 4.74 Å². The molecule has 0 aliphatic carbocycles. The van der Waals surface area contributed by atoms with E-state index in [2.05, 4.69) is 31.2 Å². The first-order chi connectivity index (χ1) is 11.5. The number of carboxylic acids is 1. The summed E-state index contributed by atoms with van der Waals surface area (Å²) in [6.45, 7) is 3.88. The Kier molecular flexibility index (Phi) is 4.38. The Morgan fingerprint density at radius 2 is 1.54 bits per heavy atom. The molecule has 0 aliphatic heterocycles. The van der Waals surface area contributed by atoms with Crippen molar-refractivity contribution < 1.29 is 19.1 Å². The molecule has 1 N–H and O–H groups in total. The van der Waals surface area contributed by atoms with Crippen LogP contribution in [0.15, 0.2) is 65.1 Å². The first-order valence-electron chi connectivity index (χ1n) is 7.70. The van der Waals surface area contributed by atoms with Crippen molar-refractivity contribution in [2.45, 2.75) is 20.0 Å². The maximum absolute atomic E-state index is 10.9. The first kappa shape index (κ1) is 15.9. The van der Waals surface area contributed by atoms with Crippen molar-refractivity contribution >= 4 is 5.97 Å². The highest BCUT2D eigenvalue weighted by atomic mass is 16.5. The Balaban J connectivity index is 1.71. The quantitative estimate of drug-likeness (QED) is 0.710. The molecule has 1 heterocycles. The van der Waals surface area contributed by atoms with Gasteiger partial charge in [0, 0.05) is 0 Å². The predicted molar refractivity (Wildman–Crippen MR) is 91.3 cm³/mol. The van der Waals surface area contributed by atoms with Crippen molar-refractivity contribution in [1.29, 1.82) is 0 Å². The fourth-order valence-corrected chi connectivity index (χ4v) is 2.42. The van der Waals surface area contributed by atoms with Crippen LogP contribution in [-0.2, 0) is 0 Å². The zero-order valence-corrected chi connectivity index (χ0v) is 13.5. The third kappa shape index (κ3) is 3.49. The van der Waals surface area contributed by atoms with Crippen LogP contribution >= 0.6 is 0 Å². The molecule has 4 nitrogen and oxygen atoms in total. The van der Waals surface area contributed by atoms with E-state index in [-0.39, 0.29) is 11.9 Å². The number of carboxylic acid groups (broad SMARTS) is 1. The lowest BCUT2D eigenvalue weighted by atomic mass is 10.0. The molecule has 1 unspecified atom stereocenters. The van der Waals surface area contributed by atoms with Crippen molar-refractivity contribution in [3.05, 3.63) is 77.7 Å². The van der Waals surface area contributed by atoms with Crippen LogP contribution in [0.3, 0.4) is 0 Å². The van der Waals surface area contributed by atoms with Gasteiger partial charge in [-0.05, 0) is 49.2 Å². The summed E-state index contributed by atoms with van der Waals surface area (Å²) in [5.41, 5.74) is 3.49. The molecule has 0 bridgehead atoms. The lowest BCUT2D eigenvalue weighted by Crippen LogP contribution is -2.02. The van der Waals surface area contributed by atoms with Gasteiger partial charge in [-0.2, -0.15) is 0 Å². The zero-order chi connectivity index (χ0) is 17.1. The molecule has 3 aromatic rings. The molecular weight excluding hydrogens is 304 g/mol. The minimum absolute atomic E-state index is 0.0878. The summed E-state index contributed by atoms with van der Waals surface area (Å²) in [6.07, 6.45) is -0.372. The molecule has 0 radical (unpaired) electrons. The maximum Gasteiger partial charge on any atom is 0.371 e. The molecule has 0 amide bonds. The van der Waals surface area contributed by atoms with Crippen LogP contribution in [0, 0.1) is 6.92 Å². The summed E-state index contributed by atoms with van der Waals surface area (Å²) in [7, 11) is 0. The molecule has 24 heavy (non-hydrogen) atoms. The van der Waals surface area contributed by atoms with Gasteiger partial charge >= 0.3 is 5.97 Å². The van der Waals surface area contributed by atoms with Crippen LogP contribution in [0.2, 0.25) is 0 Å². The number of hydrogen-bond donors (Lipinski definition) is 1. The van der Waals surface area contributed by atoms with Gasteiger partial charge in [-0.25, -0.2) is 4.79 Å². The Morgan fingerprint density at radius 1 is 0.958 bits per heavy atom. The summed E-state index contributed by atoms with van der Waals surface area (Å²) in [4.78, 5) is 10.9. The SMILES string of the molecule is Cc1ccc(-c2ccc(OC(C)c3ccc(C(=O)O)o3)cc2)cc1. The van der Waals surface area contributed by atoms with Crippen LogP contribution in [0.4, 0.5) is 0 Å². The molecule has 3 rings (SSSR count). The third-order valence-electron chi connectivity index (χ3n) is 3.79. The molecule has 1 aromatic heterocycles. The monoisotopic (exact) mass is 322 g/mol. The molecule has 4 heteroatoms. The molecular formula is C20H18O4. The van der Waals surface area contributed by atoms with Gasteiger partial charge in [0.1, 0.15) is 11.5 Å². The summed E-state index contributed by atoms with van der Waals surface area (Å²) in [5.74, 6) is 0.00715. The second-order valence-corrected chi connectivity index (χ2v) is 5.66. The molecule has 122 valence electrons. The van der Waals surface area contributed by atoms with Gasteiger partial charge in [-0.15, -0.1) is 0 Å². The van der Waals surface area contributed by atoms with E-state index in [0.717, 1.165) is 11.1 Å². The fourth-order valence-electron chi connectivity index (χ4n) is 2.42. The van der Waals surface area contributed by atoms with Crippen LogP contribution in [-0.4, -0.2) is 11.1 Å². The standard InChI is InChI=1S/C20H18O4/c1-13-3-5-15(6-4-13)16-7-9-17(10-8-16)23-14(2)18-11-12-19(24-18)20(21)22/h3-12,14H,1-2H3,(H,21,22). The Bertz CT molecular complexity index is 829. The van der Waals surface area contributed by atoms with Gasteiger partial charge in [0.2, 0.25) is 5.76 Å². The van der Waals surface area contributed by atoms with E-state index < -0.39 is 5.97 Å². The normalized spacial score (nSPS) is 11.9. The summed E-state index contributed by atoms with van der Waals surface area (Å²) < 4.78 is 11.1. The minimum Gasteiger partial charge on any atom is -0.483 e. The van der Waals surface area contributed by atoms with E-state index >= 15 is 0 Å². The van der Waals surface area contributed by atoms with E-state index in [1.807, 2.05) is 31.2 Å². The smallest absolute Gasteiger partial charge is 0.371 e. The predicted octanol–water partition coefficient (Wildman–Crippen LogP) is 5.09. The molecule has 0 saturated carbocycles. The molecule has 2 aromatic carbocycles. The molecule has 0 aliphatic rings. The fraction of sp³-hybridized carbons (Fsp3) is 0.150. The van der Waals surface area contributed by atoms with Crippen molar-refractivity contribution in [2.75, 3.05) is 0 Å². The van der Waals surface area contributed by atoms with Crippen molar-refractivity contribution in [3.63, 3.8) is 0 Å². The number of aryl methyl sites for hydroxylation is 1. The largest absolute Gasteiger partial charge is 0.483 e.